The van der Waals surface area contributed by atoms with E-state index in [0.717, 1.165) is 0 Å². The first-order valence-corrected chi connectivity index (χ1v) is 7.63. The lowest BCUT2D eigenvalue weighted by atomic mass is 10.1. The highest BCUT2D eigenvalue weighted by Crippen LogP contribution is 2.35. The van der Waals surface area contributed by atoms with Crippen LogP contribution in [-0.4, -0.2) is 18.1 Å². The van der Waals surface area contributed by atoms with Gasteiger partial charge in [-0.25, -0.2) is 14.2 Å². The van der Waals surface area contributed by atoms with Crippen LogP contribution in [0, 0.1) is 5.82 Å². The van der Waals surface area contributed by atoms with Gasteiger partial charge in [-0.2, -0.15) is 0 Å². The number of oxazole rings is 1. The van der Waals surface area contributed by atoms with E-state index in [1.165, 1.54) is 25.2 Å². The lowest BCUT2D eigenvalue weighted by Gasteiger charge is -2.16. The first kappa shape index (κ1) is 16.5. The summed E-state index contributed by atoms with van der Waals surface area (Å²) in [4.78, 5) is 15.9. The lowest BCUT2D eigenvalue weighted by molar-refractivity contribution is 0.103. The molecule has 1 atom stereocenters. The van der Waals surface area contributed by atoms with Crippen LogP contribution in [-0.2, 0) is 4.74 Å². The Hall–Kier alpha value is -2.31. The molecule has 3 rings (SSSR count). The maximum atomic E-state index is 14.3. The maximum absolute atomic E-state index is 14.3. The van der Waals surface area contributed by atoms with Crippen LogP contribution >= 0.6 is 23.2 Å². The van der Waals surface area contributed by atoms with Crippen molar-refractivity contribution in [3.63, 3.8) is 0 Å². The van der Waals surface area contributed by atoms with Gasteiger partial charge in [-0.3, -0.25) is 0 Å². The number of hydrogen-bond donors (Lipinski definition) is 1. The summed E-state index contributed by atoms with van der Waals surface area (Å²) in [7, 11) is 1.38. The van der Waals surface area contributed by atoms with Gasteiger partial charge in [-0.05, 0) is 30.3 Å². The molecule has 1 amide bonds. The molecule has 2 aromatic carbocycles. The van der Waals surface area contributed by atoms with Gasteiger partial charge in [0.25, 0.3) is 0 Å². The molecule has 1 unspecified atom stereocenters. The number of nitrogens with one attached hydrogen (secondary N) is 1. The standard InChI is InChI=1S/C16H11Cl2FN2O3/c1-20-16(22)24-14(13-9(18)3-2-4-10(13)19)15-21-11-7-8(17)5-6-12(11)23-15/h2-7,14H,1H3,(H,20,22). The average molecular weight is 369 g/mol. The summed E-state index contributed by atoms with van der Waals surface area (Å²) in [6.07, 6.45) is -2.02. The third-order valence-electron chi connectivity index (χ3n) is 3.28. The molecule has 0 aliphatic rings. The minimum Gasteiger partial charge on any atom is -0.436 e. The molecule has 0 radical (unpaired) electrons. The number of halogens is 3. The number of nitrogens with zero attached hydrogens (tertiary/aromatic N) is 1. The van der Waals surface area contributed by atoms with Gasteiger partial charge in [0.2, 0.25) is 12.0 Å². The number of aromatic nitrogens is 1. The van der Waals surface area contributed by atoms with E-state index in [-0.39, 0.29) is 16.5 Å². The van der Waals surface area contributed by atoms with Crippen molar-refractivity contribution in [1.82, 2.24) is 10.3 Å². The minimum atomic E-state index is -1.25. The van der Waals surface area contributed by atoms with Gasteiger partial charge in [0.15, 0.2) is 5.58 Å². The van der Waals surface area contributed by atoms with E-state index in [1.54, 1.807) is 18.2 Å². The molecule has 1 aromatic heterocycles. The first-order valence-electron chi connectivity index (χ1n) is 6.88. The summed E-state index contributed by atoms with van der Waals surface area (Å²) < 4.78 is 25.1. The number of amides is 1. The van der Waals surface area contributed by atoms with Crippen LogP contribution < -0.4 is 5.32 Å². The fourth-order valence-electron chi connectivity index (χ4n) is 2.19. The van der Waals surface area contributed by atoms with Crippen LogP contribution in [0.2, 0.25) is 10.0 Å². The second-order valence-electron chi connectivity index (χ2n) is 4.83. The summed E-state index contributed by atoms with van der Waals surface area (Å²) in [5.41, 5.74) is 0.836. The summed E-state index contributed by atoms with van der Waals surface area (Å²) in [5.74, 6) is -0.653. The van der Waals surface area contributed by atoms with E-state index < -0.39 is 18.0 Å². The quantitative estimate of drug-likeness (QED) is 0.726. The second kappa shape index (κ2) is 6.67. The van der Waals surface area contributed by atoms with E-state index in [0.29, 0.717) is 16.1 Å². The van der Waals surface area contributed by atoms with Gasteiger partial charge < -0.3 is 14.5 Å². The van der Waals surface area contributed by atoms with Gasteiger partial charge in [-0.15, -0.1) is 0 Å². The number of rotatable bonds is 3. The Morgan fingerprint density at radius 1 is 1.33 bits per heavy atom. The molecule has 0 bridgehead atoms. The Bertz CT molecular complexity index is 893. The molecule has 1 N–H and O–H groups in total. The zero-order chi connectivity index (χ0) is 17.3. The normalized spacial score (nSPS) is 12.2. The van der Waals surface area contributed by atoms with Crippen molar-refractivity contribution in [2.45, 2.75) is 6.10 Å². The Labute approximate surface area is 146 Å². The van der Waals surface area contributed by atoms with Gasteiger partial charge in [0.1, 0.15) is 11.3 Å². The van der Waals surface area contributed by atoms with Crippen molar-refractivity contribution in [1.29, 1.82) is 0 Å². The van der Waals surface area contributed by atoms with E-state index in [2.05, 4.69) is 10.3 Å². The predicted octanol–water partition coefficient (Wildman–Crippen LogP) is 4.72. The van der Waals surface area contributed by atoms with Crippen molar-refractivity contribution in [3.8, 4) is 0 Å². The number of ether oxygens (including phenoxy) is 1. The Morgan fingerprint density at radius 2 is 2.12 bits per heavy atom. The molecule has 0 fully saturated rings. The van der Waals surface area contributed by atoms with E-state index in [1.807, 2.05) is 0 Å². The lowest BCUT2D eigenvalue weighted by Crippen LogP contribution is -2.23. The van der Waals surface area contributed by atoms with Crippen LogP contribution in [0.5, 0.6) is 0 Å². The summed E-state index contributed by atoms with van der Waals surface area (Å²) >= 11 is 12.0. The van der Waals surface area contributed by atoms with Crippen molar-refractivity contribution in [3.05, 3.63) is 63.7 Å². The number of benzene rings is 2. The molecule has 24 heavy (non-hydrogen) atoms. The minimum absolute atomic E-state index is 0.0112. The van der Waals surface area contributed by atoms with Crippen molar-refractivity contribution >= 4 is 40.4 Å². The zero-order valence-corrected chi connectivity index (χ0v) is 13.9. The number of carbonyl (C=O) groups excluding carboxylic acids is 1. The number of alkyl carbamates (subject to hydrolysis) is 1. The van der Waals surface area contributed by atoms with Crippen LogP contribution in [0.15, 0.2) is 40.8 Å². The largest absolute Gasteiger partial charge is 0.436 e. The van der Waals surface area contributed by atoms with Crippen LogP contribution in [0.25, 0.3) is 11.1 Å². The molecule has 0 saturated carbocycles. The van der Waals surface area contributed by atoms with Gasteiger partial charge in [0, 0.05) is 12.1 Å². The fraction of sp³-hybridized carbons (Fsp3) is 0.125. The molecular weight excluding hydrogens is 358 g/mol. The predicted molar refractivity (Wildman–Crippen MR) is 87.8 cm³/mol. The van der Waals surface area contributed by atoms with E-state index >= 15 is 0 Å². The summed E-state index contributed by atoms with van der Waals surface area (Å²) in [6, 6.07) is 8.98. The SMILES string of the molecule is CNC(=O)OC(c1nc2cc(Cl)ccc2o1)c1c(F)cccc1Cl. The summed E-state index contributed by atoms with van der Waals surface area (Å²) in [6.45, 7) is 0. The fourth-order valence-corrected chi connectivity index (χ4v) is 2.62. The third kappa shape index (κ3) is 3.16. The topological polar surface area (TPSA) is 64.4 Å². The van der Waals surface area contributed by atoms with E-state index in [9.17, 15) is 9.18 Å². The van der Waals surface area contributed by atoms with Crippen LogP contribution in [0.4, 0.5) is 9.18 Å². The highest BCUT2D eigenvalue weighted by atomic mass is 35.5. The maximum Gasteiger partial charge on any atom is 0.408 e. The monoisotopic (exact) mass is 368 g/mol. The molecule has 8 heteroatoms. The van der Waals surface area contributed by atoms with Gasteiger partial charge in [0.05, 0.1) is 10.6 Å². The molecule has 0 saturated heterocycles. The summed E-state index contributed by atoms with van der Waals surface area (Å²) in [5, 5.41) is 2.85. The van der Waals surface area contributed by atoms with Crippen molar-refractivity contribution in [2.24, 2.45) is 0 Å². The smallest absolute Gasteiger partial charge is 0.408 e. The molecule has 1 heterocycles. The van der Waals surface area contributed by atoms with Gasteiger partial charge in [-0.1, -0.05) is 29.3 Å². The molecule has 0 aliphatic carbocycles. The number of carbonyl (C=O) groups is 1. The molecule has 5 nitrogen and oxygen atoms in total. The van der Waals surface area contributed by atoms with Crippen LogP contribution in [0.1, 0.15) is 17.6 Å². The molecule has 124 valence electrons. The number of hydrogen-bond acceptors (Lipinski definition) is 4. The van der Waals surface area contributed by atoms with Crippen molar-refractivity contribution in [2.75, 3.05) is 7.05 Å². The number of fused-ring (bicyclic) bond motifs is 1. The third-order valence-corrected chi connectivity index (χ3v) is 3.85. The highest BCUT2D eigenvalue weighted by Gasteiger charge is 2.29. The Kier molecular flexibility index (Phi) is 4.59. The Morgan fingerprint density at radius 3 is 2.83 bits per heavy atom. The Balaban J connectivity index is 2.14. The highest BCUT2D eigenvalue weighted by molar-refractivity contribution is 6.31. The van der Waals surface area contributed by atoms with E-state index in [4.69, 9.17) is 32.4 Å². The molecule has 0 spiro atoms. The molecule has 0 aliphatic heterocycles. The zero-order valence-electron chi connectivity index (χ0n) is 12.3. The van der Waals surface area contributed by atoms with Gasteiger partial charge >= 0.3 is 6.09 Å². The van der Waals surface area contributed by atoms with Crippen LogP contribution in [0.3, 0.4) is 0 Å². The molecule has 3 aromatic rings. The van der Waals surface area contributed by atoms with Crippen molar-refractivity contribution < 1.29 is 18.3 Å². The first-order chi connectivity index (χ1) is 11.5. The molecular formula is C16H11Cl2FN2O3. The second-order valence-corrected chi connectivity index (χ2v) is 5.68. The average Bonchev–Trinajstić information content (AvgIpc) is 2.96.